The van der Waals surface area contributed by atoms with E-state index in [2.05, 4.69) is 17.9 Å². The van der Waals surface area contributed by atoms with Gasteiger partial charge in [0.05, 0.1) is 27.2 Å². The number of hydrogen-bond donors (Lipinski definition) is 3. The number of ether oxygens (including phenoxy) is 1. The maximum atomic E-state index is 11.8. The monoisotopic (exact) mass is 335 g/mol. The van der Waals surface area contributed by atoms with E-state index in [0.717, 1.165) is 0 Å². The molecule has 0 aromatic rings. The number of likely N-dealkylation sites (N-methyl/N-ethyl adjacent to an activating group) is 1. The molecular weight excluding hydrogens is 310 g/mol. The van der Waals surface area contributed by atoms with Crippen molar-refractivity contribution in [3.05, 3.63) is 0 Å². The number of nitrogens with zero attached hydrogens (tertiary/aromatic N) is 1. The zero-order valence-electron chi connectivity index (χ0n) is 13.2. The summed E-state index contributed by atoms with van der Waals surface area (Å²) in [5.74, 6) is -2.44. The van der Waals surface area contributed by atoms with E-state index < -0.39 is 29.9 Å². The topological polar surface area (TPSA) is 122 Å². The quantitative estimate of drug-likeness (QED) is 0.231. The van der Waals surface area contributed by atoms with Crippen LogP contribution in [0.5, 0.6) is 0 Å². The van der Waals surface area contributed by atoms with Gasteiger partial charge >= 0.3 is 5.97 Å². The highest BCUT2D eigenvalue weighted by molar-refractivity contribution is 7.80. The zero-order valence-corrected chi connectivity index (χ0v) is 14.1. The number of nitrogens with two attached hydrogens (primary N) is 1. The number of aliphatic carboxylic acids is 1. The number of hydrogen-bond acceptors (Lipinski definition) is 7. The minimum absolute atomic E-state index is 0.0577. The molecular formula is C13H25N3O5S. The lowest BCUT2D eigenvalue weighted by Crippen LogP contribution is -2.50. The van der Waals surface area contributed by atoms with E-state index in [4.69, 9.17) is 10.5 Å². The molecule has 0 aromatic carbocycles. The fraction of sp³-hybridized carbons (Fsp3) is 0.769. The van der Waals surface area contributed by atoms with Gasteiger partial charge in [0, 0.05) is 11.7 Å². The van der Waals surface area contributed by atoms with Gasteiger partial charge in [-0.1, -0.05) is 0 Å². The third-order valence-electron chi connectivity index (χ3n) is 2.79. The minimum Gasteiger partial charge on any atom is -0.550 e. The first-order valence-corrected chi connectivity index (χ1v) is 7.54. The molecule has 0 aliphatic rings. The predicted molar refractivity (Wildman–Crippen MR) is 81.9 cm³/mol. The maximum Gasteiger partial charge on any atom is 0.329 e. The Bertz CT molecular complexity index is 398. The van der Waals surface area contributed by atoms with Crippen molar-refractivity contribution in [3.63, 3.8) is 0 Å². The van der Waals surface area contributed by atoms with Crippen LogP contribution in [0.3, 0.4) is 0 Å². The number of carboxylic acids is 1. The van der Waals surface area contributed by atoms with Crippen molar-refractivity contribution < 1.29 is 28.7 Å². The standard InChI is InChI=1S/C13H25N3O5S/c1-16(2,3)6-7-21-13(20)10(8-22)15-12(19)9(14)4-5-11(17)18/h9-10H,4-8,14H2,1-3H3,(H2-,15,17,18,19,22)/t9-,10-/m1/s1. The molecule has 0 radical (unpaired) electrons. The molecule has 0 spiro atoms. The van der Waals surface area contributed by atoms with Crippen LogP contribution < -0.4 is 16.2 Å². The Morgan fingerprint density at radius 2 is 1.91 bits per heavy atom. The number of carbonyl (C=O) groups excluding carboxylic acids is 3. The van der Waals surface area contributed by atoms with Gasteiger partial charge in [-0.2, -0.15) is 12.6 Å². The second-order valence-corrected chi connectivity index (χ2v) is 6.31. The highest BCUT2D eigenvalue weighted by Crippen LogP contribution is 1.99. The highest BCUT2D eigenvalue weighted by atomic mass is 32.1. The van der Waals surface area contributed by atoms with Gasteiger partial charge in [-0.3, -0.25) is 4.79 Å². The second-order valence-electron chi connectivity index (χ2n) is 5.94. The molecule has 0 aliphatic carbocycles. The van der Waals surface area contributed by atoms with Gasteiger partial charge in [0.15, 0.2) is 0 Å². The van der Waals surface area contributed by atoms with Crippen molar-refractivity contribution in [1.82, 2.24) is 5.32 Å². The van der Waals surface area contributed by atoms with E-state index in [1.54, 1.807) is 0 Å². The number of amides is 1. The fourth-order valence-electron chi connectivity index (χ4n) is 1.38. The van der Waals surface area contributed by atoms with E-state index in [9.17, 15) is 19.5 Å². The van der Waals surface area contributed by atoms with Crippen molar-refractivity contribution in [3.8, 4) is 0 Å². The maximum absolute atomic E-state index is 11.8. The van der Waals surface area contributed by atoms with Crippen LogP contribution in [0.1, 0.15) is 12.8 Å². The molecule has 0 aliphatic heterocycles. The van der Waals surface area contributed by atoms with Crippen LogP contribution in [0.4, 0.5) is 0 Å². The Morgan fingerprint density at radius 1 is 1.32 bits per heavy atom. The van der Waals surface area contributed by atoms with E-state index >= 15 is 0 Å². The number of carboxylic acid groups (broad SMARTS) is 1. The molecule has 0 unspecified atom stereocenters. The molecule has 128 valence electrons. The highest BCUT2D eigenvalue weighted by Gasteiger charge is 2.24. The SMILES string of the molecule is C[N+](C)(C)CCOC(=O)[C@@H](CS)NC(=O)[C@H](N)CCC(=O)[O-]. The van der Waals surface area contributed by atoms with E-state index in [-0.39, 0.29) is 25.2 Å². The largest absolute Gasteiger partial charge is 0.550 e. The molecule has 0 fully saturated rings. The summed E-state index contributed by atoms with van der Waals surface area (Å²) >= 11 is 4.00. The zero-order chi connectivity index (χ0) is 17.3. The summed E-state index contributed by atoms with van der Waals surface area (Å²) in [6.07, 6.45) is -0.391. The van der Waals surface area contributed by atoms with Gasteiger partial charge in [-0.15, -0.1) is 0 Å². The molecule has 0 aromatic heterocycles. The first-order chi connectivity index (χ1) is 10.1. The van der Waals surface area contributed by atoms with Crippen LogP contribution >= 0.6 is 12.6 Å². The molecule has 22 heavy (non-hydrogen) atoms. The summed E-state index contributed by atoms with van der Waals surface area (Å²) in [5, 5.41) is 12.7. The summed E-state index contributed by atoms with van der Waals surface area (Å²) in [6, 6.07) is -1.95. The van der Waals surface area contributed by atoms with Crippen molar-refractivity contribution in [1.29, 1.82) is 0 Å². The van der Waals surface area contributed by atoms with Gasteiger partial charge in [0.1, 0.15) is 19.2 Å². The summed E-state index contributed by atoms with van der Waals surface area (Å²) in [4.78, 5) is 33.9. The predicted octanol–water partition coefficient (Wildman–Crippen LogP) is -2.49. The lowest BCUT2D eigenvalue weighted by Gasteiger charge is -2.24. The number of quaternary nitrogens is 1. The molecule has 9 heteroatoms. The molecule has 0 rings (SSSR count). The summed E-state index contributed by atoms with van der Waals surface area (Å²) in [5.41, 5.74) is 5.54. The van der Waals surface area contributed by atoms with Crippen LogP contribution in [0.25, 0.3) is 0 Å². The van der Waals surface area contributed by atoms with Crippen molar-refractivity contribution in [2.24, 2.45) is 5.73 Å². The minimum atomic E-state index is -1.28. The Balaban J connectivity index is 4.30. The lowest BCUT2D eigenvalue weighted by molar-refractivity contribution is -0.870. The second kappa shape index (κ2) is 9.65. The van der Waals surface area contributed by atoms with E-state index in [1.165, 1.54) is 0 Å². The average Bonchev–Trinajstić information content (AvgIpc) is 2.39. The summed E-state index contributed by atoms with van der Waals surface area (Å²) in [7, 11) is 5.88. The third-order valence-corrected chi connectivity index (χ3v) is 3.15. The number of thiol groups is 1. The Labute approximate surface area is 136 Å². The normalized spacial score (nSPS) is 14.0. The van der Waals surface area contributed by atoms with Gasteiger partial charge in [-0.05, 0) is 12.8 Å². The summed E-state index contributed by atoms with van der Waals surface area (Å²) in [6.45, 7) is 0.851. The Hall–Kier alpha value is -1.32. The van der Waals surface area contributed by atoms with Crippen molar-refractivity contribution in [2.45, 2.75) is 24.9 Å². The molecule has 0 bridgehead atoms. The molecule has 8 nitrogen and oxygen atoms in total. The Morgan fingerprint density at radius 3 is 2.36 bits per heavy atom. The first kappa shape index (κ1) is 20.7. The van der Waals surface area contributed by atoms with Crippen LogP contribution in [-0.4, -0.2) is 74.5 Å². The van der Waals surface area contributed by atoms with Gasteiger partial charge in [0.25, 0.3) is 0 Å². The molecule has 0 saturated heterocycles. The number of rotatable bonds is 10. The van der Waals surface area contributed by atoms with Crippen LogP contribution in [0, 0.1) is 0 Å². The summed E-state index contributed by atoms with van der Waals surface area (Å²) < 4.78 is 5.72. The molecule has 3 N–H and O–H groups in total. The smallest absolute Gasteiger partial charge is 0.329 e. The number of esters is 1. The molecule has 1 amide bonds. The van der Waals surface area contributed by atoms with Crippen molar-refractivity contribution >= 4 is 30.5 Å². The average molecular weight is 335 g/mol. The molecule has 0 heterocycles. The number of nitrogens with one attached hydrogen (secondary N) is 1. The lowest BCUT2D eigenvalue weighted by atomic mass is 10.1. The van der Waals surface area contributed by atoms with E-state index in [0.29, 0.717) is 11.0 Å². The van der Waals surface area contributed by atoms with Crippen molar-refractivity contribution in [2.75, 3.05) is 40.0 Å². The van der Waals surface area contributed by atoms with Gasteiger partial charge in [-0.25, -0.2) is 4.79 Å². The fourth-order valence-corrected chi connectivity index (χ4v) is 1.62. The van der Waals surface area contributed by atoms with Crippen LogP contribution in [0.2, 0.25) is 0 Å². The third kappa shape index (κ3) is 9.59. The van der Waals surface area contributed by atoms with E-state index in [1.807, 2.05) is 21.1 Å². The van der Waals surface area contributed by atoms with Crippen LogP contribution in [-0.2, 0) is 19.1 Å². The van der Waals surface area contributed by atoms with Gasteiger partial charge in [0.2, 0.25) is 5.91 Å². The van der Waals surface area contributed by atoms with Crippen LogP contribution in [0.15, 0.2) is 0 Å². The first-order valence-electron chi connectivity index (χ1n) is 6.90. The number of carbonyl (C=O) groups is 3. The molecule has 0 saturated carbocycles. The molecule has 2 atom stereocenters. The van der Waals surface area contributed by atoms with Gasteiger partial charge < -0.3 is 30.2 Å². The Kier molecular flexibility index (Phi) is 9.07.